The zero-order valence-electron chi connectivity index (χ0n) is 16.8. The second-order valence-corrected chi connectivity index (χ2v) is 7.21. The molecule has 0 aliphatic rings. The van der Waals surface area contributed by atoms with E-state index < -0.39 is 0 Å². The Labute approximate surface area is 169 Å². The molecule has 3 rings (SSSR count). The average molecular weight is 372 g/mol. The Morgan fingerprint density at radius 3 is 2.18 bits per heavy atom. The summed E-state index contributed by atoms with van der Waals surface area (Å²) >= 11 is 0. The minimum Gasteiger partial charge on any atom is -0.492 e. The Morgan fingerprint density at radius 2 is 1.46 bits per heavy atom. The molecule has 3 aromatic rings. The van der Waals surface area contributed by atoms with Crippen LogP contribution >= 0.6 is 0 Å². The van der Waals surface area contributed by atoms with E-state index in [2.05, 4.69) is 104 Å². The van der Waals surface area contributed by atoms with Gasteiger partial charge in [-0.1, -0.05) is 84.9 Å². The van der Waals surface area contributed by atoms with Gasteiger partial charge >= 0.3 is 0 Å². The van der Waals surface area contributed by atoms with Crippen LogP contribution in [0.25, 0.3) is 11.6 Å². The highest BCUT2D eigenvalue weighted by molar-refractivity contribution is 5.81. The third-order valence-electron chi connectivity index (χ3n) is 4.72. The Hall–Kier alpha value is -2.84. The summed E-state index contributed by atoms with van der Waals surface area (Å²) in [6, 6.07) is 29.6. The maximum Gasteiger partial charge on any atom is 0.122 e. The molecule has 0 fully saturated rings. The second kappa shape index (κ2) is 10.5. The molecular formula is C26H29NO. The Morgan fingerprint density at radius 1 is 0.821 bits per heavy atom. The number of likely N-dealkylation sites (N-methyl/N-ethyl adjacent to an activating group) is 1. The molecule has 0 radical (unpaired) electrons. The summed E-state index contributed by atoms with van der Waals surface area (Å²) < 4.78 is 6.04. The van der Waals surface area contributed by atoms with Crippen molar-refractivity contribution in [2.24, 2.45) is 0 Å². The van der Waals surface area contributed by atoms with Crippen LogP contribution in [0.4, 0.5) is 0 Å². The van der Waals surface area contributed by atoms with Crippen molar-refractivity contribution in [3.8, 4) is 5.75 Å². The van der Waals surface area contributed by atoms with Gasteiger partial charge in [0.25, 0.3) is 0 Å². The van der Waals surface area contributed by atoms with E-state index in [9.17, 15) is 0 Å². The van der Waals surface area contributed by atoms with Crippen LogP contribution in [-0.4, -0.2) is 32.1 Å². The Balaban J connectivity index is 1.77. The highest BCUT2D eigenvalue weighted by Crippen LogP contribution is 2.27. The summed E-state index contributed by atoms with van der Waals surface area (Å²) in [6.07, 6.45) is 4.21. The maximum atomic E-state index is 6.04. The van der Waals surface area contributed by atoms with E-state index in [4.69, 9.17) is 4.74 Å². The van der Waals surface area contributed by atoms with Crippen LogP contribution in [0.1, 0.15) is 23.1 Å². The van der Waals surface area contributed by atoms with Gasteiger partial charge < -0.3 is 9.64 Å². The molecular weight excluding hydrogens is 342 g/mol. The maximum absolute atomic E-state index is 6.04. The third-order valence-corrected chi connectivity index (χ3v) is 4.72. The molecule has 2 nitrogen and oxygen atoms in total. The minimum atomic E-state index is 0.704. The molecule has 0 aromatic heterocycles. The molecule has 144 valence electrons. The second-order valence-electron chi connectivity index (χ2n) is 7.21. The van der Waals surface area contributed by atoms with E-state index in [-0.39, 0.29) is 0 Å². The zero-order chi connectivity index (χ0) is 19.6. The smallest absolute Gasteiger partial charge is 0.122 e. The fourth-order valence-electron chi connectivity index (χ4n) is 3.16. The van der Waals surface area contributed by atoms with Crippen LogP contribution in [0.15, 0.2) is 84.9 Å². The summed E-state index contributed by atoms with van der Waals surface area (Å²) in [5.41, 5.74) is 5.11. The van der Waals surface area contributed by atoms with Gasteiger partial charge in [0.05, 0.1) is 0 Å². The van der Waals surface area contributed by atoms with Crippen LogP contribution in [0.3, 0.4) is 0 Å². The predicted octanol–water partition coefficient (Wildman–Crippen LogP) is 5.80. The fourth-order valence-corrected chi connectivity index (χ4v) is 3.16. The van der Waals surface area contributed by atoms with Gasteiger partial charge in [0, 0.05) is 6.54 Å². The van der Waals surface area contributed by atoms with E-state index in [1.54, 1.807) is 0 Å². The number of aryl methyl sites for hydroxylation is 1. The number of ether oxygens (including phenoxy) is 1. The van der Waals surface area contributed by atoms with E-state index in [1.165, 1.54) is 22.3 Å². The molecule has 0 N–H and O–H groups in total. The van der Waals surface area contributed by atoms with Gasteiger partial charge in [-0.15, -0.1) is 0 Å². The standard InChI is InChI=1S/C26H29NO/c1-27(2)19-20-28-26-16-10-9-15-24(26)17-18-25(23-13-7-4-8-14-23)21-22-11-5-3-6-12-22/h3-16,21H,17-20H2,1-2H3/b25-21+. The van der Waals surface area contributed by atoms with Gasteiger partial charge in [-0.2, -0.15) is 0 Å². The number of para-hydroxylation sites is 1. The lowest BCUT2D eigenvalue weighted by Gasteiger charge is -2.15. The number of rotatable bonds is 9. The van der Waals surface area contributed by atoms with Crippen molar-refractivity contribution in [2.45, 2.75) is 12.8 Å². The first-order chi connectivity index (χ1) is 13.7. The first-order valence-electron chi connectivity index (χ1n) is 9.89. The van der Waals surface area contributed by atoms with Gasteiger partial charge in [-0.3, -0.25) is 0 Å². The monoisotopic (exact) mass is 371 g/mol. The number of hydrogen-bond acceptors (Lipinski definition) is 2. The van der Waals surface area contributed by atoms with E-state index in [0.717, 1.165) is 25.1 Å². The summed E-state index contributed by atoms with van der Waals surface area (Å²) in [5, 5.41) is 0. The Kier molecular flexibility index (Phi) is 7.45. The van der Waals surface area contributed by atoms with Crippen molar-refractivity contribution in [3.63, 3.8) is 0 Å². The van der Waals surface area contributed by atoms with Crippen molar-refractivity contribution >= 4 is 11.6 Å². The number of hydrogen-bond donors (Lipinski definition) is 0. The van der Waals surface area contributed by atoms with Crippen LogP contribution in [-0.2, 0) is 6.42 Å². The van der Waals surface area contributed by atoms with Crippen molar-refractivity contribution in [2.75, 3.05) is 27.2 Å². The lowest BCUT2D eigenvalue weighted by atomic mass is 9.96. The zero-order valence-corrected chi connectivity index (χ0v) is 16.8. The quantitative estimate of drug-likeness (QED) is 0.441. The van der Waals surface area contributed by atoms with Gasteiger partial charge in [0.1, 0.15) is 12.4 Å². The molecule has 0 aliphatic heterocycles. The topological polar surface area (TPSA) is 12.5 Å². The number of benzene rings is 3. The van der Waals surface area contributed by atoms with Crippen LogP contribution < -0.4 is 4.74 Å². The first kappa shape index (κ1) is 19.9. The van der Waals surface area contributed by atoms with Crippen LogP contribution in [0, 0.1) is 0 Å². The predicted molar refractivity (Wildman–Crippen MR) is 120 cm³/mol. The molecule has 0 bridgehead atoms. The Bertz CT molecular complexity index is 869. The van der Waals surface area contributed by atoms with Crippen molar-refractivity contribution in [1.82, 2.24) is 4.90 Å². The summed E-state index contributed by atoms with van der Waals surface area (Å²) in [4.78, 5) is 2.14. The van der Waals surface area contributed by atoms with Gasteiger partial charge in [-0.05, 0) is 55.3 Å². The molecule has 0 spiro atoms. The SMILES string of the molecule is CN(C)CCOc1ccccc1CC/C(=C\c1ccccc1)c1ccccc1. The average Bonchev–Trinajstić information content (AvgIpc) is 2.73. The molecule has 2 heteroatoms. The first-order valence-corrected chi connectivity index (χ1v) is 9.89. The van der Waals surface area contributed by atoms with Gasteiger partial charge in [-0.25, -0.2) is 0 Å². The lowest BCUT2D eigenvalue weighted by Crippen LogP contribution is -2.19. The molecule has 3 aromatic carbocycles. The van der Waals surface area contributed by atoms with Crippen molar-refractivity contribution in [3.05, 3.63) is 102 Å². The van der Waals surface area contributed by atoms with Gasteiger partial charge in [0.15, 0.2) is 0 Å². The molecule has 28 heavy (non-hydrogen) atoms. The number of allylic oxidation sites excluding steroid dienone is 1. The summed E-state index contributed by atoms with van der Waals surface area (Å²) in [6.45, 7) is 1.62. The molecule has 0 saturated heterocycles. The van der Waals surface area contributed by atoms with E-state index in [0.29, 0.717) is 6.61 Å². The summed E-state index contributed by atoms with van der Waals surface area (Å²) in [5.74, 6) is 0.997. The van der Waals surface area contributed by atoms with E-state index >= 15 is 0 Å². The minimum absolute atomic E-state index is 0.704. The van der Waals surface area contributed by atoms with Crippen molar-refractivity contribution in [1.29, 1.82) is 0 Å². The summed E-state index contributed by atoms with van der Waals surface area (Å²) in [7, 11) is 4.13. The highest BCUT2D eigenvalue weighted by atomic mass is 16.5. The normalized spacial score (nSPS) is 11.6. The van der Waals surface area contributed by atoms with Crippen LogP contribution in [0.5, 0.6) is 5.75 Å². The number of nitrogens with zero attached hydrogens (tertiary/aromatic N) is 1. The molecule has 0 atom stereocenters. The molecule has 0 saturated carbocycles. The fraction of sp³-hybridized carbons (Fsp3) is 0.231. The lowest BCUT2D eigenvalue weighted by molar-refractivity contribution is 0.259. The van der Waals surface area contributed by atoms with E-state index in [1.807, 2.05) is 6.07 Å². The van der Waals surface area contributed by atoms with Crippen molar-refractivity contribution < 1.29 is 4.74 Å². The highest BCUT2D eigenvalue weighted by Gasteiger charge is 2.07. The molecule has 0 heterocycles. The molecule has 0 unspecified atom stereocenters. The van der Waals surface area contributed by atoms with Crippen LogP contribution in [0.2, 0.25) is 0 Å². The largest absolute Gasteiger partial charge is 0.492 e. The molecule has 0 amide bonds. The third kappa shape index (κ3) is 6.11. The molecule has 0 aliphatic carbocycles. The van der Waals surface area contributed by atoms with Gasteiger partial charge in [0.2, 0.25) is 0 Å².